The van der Waals surface area contributed by atoms with Gasteiger partial charge < -0.3 is 5.32 Å². The van der Waals surface area contributed by atoms with E-state index in [0.717, 1.165) is 12.1 Å². The van der Waals surface area contributed by atoms with Gasteiger partial charge in [-0.05, 0) is 24.1 Å². The van der Waals surface area contributed by atoms with Gasteiger partial charge in [-0.1, -0.05) is 12.1 Å². The number of hydrogen-bond acceptors (Lipinski definition) is 2. The van der Waals surface area contributed by atoms with Crippen molar-refractivity contribution in [3.8, 4) is 0 Å². The van der Waals surface area contributed by atoms with Crippen LogP contribution in [0.25, 0.3) is 0 Å². The summed E-state index contributed by atoms with van der Waals surface area (Å²) in [4.78, 5) is 1.82. The van der Waals surface area contributed by atoms with Gasteiger partial charge in [-0.15, -0.1) is 24.8 Å². The molecule has 0 unspecified atom stereocenters. The highest BCUT2D eigenvalue weighted by atomic mass is 35.5. The van der Waals surface area contributed by atoms with Crippen molar-refractivity contribution >= 4 is 24.8 Å². The number of piperazine rings is 1. The summed E-state index contributed by atoms with van der Waals surface area (Å²) >= 11 is 0. The predicted molar refractivity (Wildman–Crippen MR) is 88.4 cm³/mol. The third-order valence-electron chi connectivity index (χ3n) is 3.89. The van der Waals surface area contributed by atoms with Crippen LogP contribution >= 0.6 is 24.8 Å². The summed E-state index contributed by atoms with van der Waals surface area (Å²) in [6.07, 6.45) is -10.1. The van der Waals surface area contributed by atoms with Gasteiger partial charge in [0.2, 0.25) is 0 Å². The molecule has 1 aliphatic rings. The SMILES string of the molecule is Cl.Cl.FC(F)(F)CC[C@@H](c1cccc(C(F)(F)F)c1)N1CCNCC1. The van der Waals surface area contributed by atoms with Crippen LogP contribution in [0.4, 0.5) is 26.3 Å². The van der Waals surface area contributed by atoms with Crippen LogP contribution in [0, 0.1) is 0 Å². The van der Waals surface area contributed by atoms with Gasteiger partial charge in [0.1, 0.15) is 0 Å². The second-order valence-electron chi connectivity index (χ2n) is 5.58. The molecule has 1 fully saturated rings. The summed E-state index contributed by atoms with van der Waals surface area (Å²) in [5.41, 5.74) is -0.548. The Morgan fingerprint density at radius 1 is 1.00 bits per heavy atom. The smallest absolute Gasteiger partial charge is 0.314 e. The molecule has 1 aromatic rings. The van der Waals surface area contributed by atoms with Gasteiger partial charge in [0.05, 0.1) is 5.56 Å². The van der Waals surface area contributed by atoms with Crippen molar-refractivity contribution in [2.75, 3.05) is 26.2 Å². The van der Waals surface area contributed by atoms with Crippen molar-refractivity contribution in [2.45, 2.75) is 31.2 Å². The van der Waals surface area contributed by atoms with E-state index in [1.165, 1.54) is 12.1 Å². The Morgan fingerprint density at radius 2 is 1.60 bits per heavy atom. The molecule has 25 heavy (non-hydrogen) atoms. The number of benzene rings is 1. The molecule has 0 bridgehead atoms. The fourth-order valence-corrected chi connectivity index (χ4v) is 2.78. The van der Waals surface area contributed by atoms with Crippen molar-refractivity contribution in [1.29, 1.82) is 0 Å². The van der Waals surface area contributed by atoms with E-state index in [2.05, 4.69) is 5.32 Å². The maximum Gasteiger partial charge on any atom is 0.416 e. The molecule has 146 valence electrons. The summed E-state index contributed by atoms with van der Waals surface area (Å²) in [5, 5.41) is 3.09. The Morgan fingerprint density at radius 3 is 2.12 bits per heavy atom. The summed E-state index contributed by atoms with van der Waals surface area (Å²) in [6, 6.07) is 3.95. The van der Waals surface area contributed by atoms with E-state index in [0.29, 0.717) is 26.2 Å². The summed E-state index contributed by atoms with van der Waals surface area (Å²) in [5.74, 6) is 0. The topological polar surface area (TPSA) is 15.3 Å². The van der Waals surface area contributed by atoms with Crippen molar-refractivity contribution in [3.63, 3.8) is 0 Å². The molecular formula is C15H20Cl2F6N2. The number of halogens is 8. The standard InChI is InChI=1S/C15H18F6N2.2ClH/c16-14(17,18)5-4-13(23-8-6-22-7-9-23)11-2-1-3-12(10-11)15(19,20)21;;/h1-3,10,13,22H,4-9H2;2*1H/t13-;;/m0../s1. The first-order valence-corrected chi connectivity index (χ1v) is 7.35. The summed E-state index contributed by atoms with van der Waals surface area (Å²) in [6.45, 7) is 2.25. The highest BCUT2D eigenvalue weighted by Crippen LogP contribution is 2.35. The quantitative estimate of drug-likeness (QED) is 0.711. The lowest BCUT2D eigenvalue weighted by Crippen LogP contribution is -2.45. The minimum Gasteiger partial charge on any atom is -0.314 e. The van der Waals surface area contributed by atoms with Gasteiger partial charge in [-0.3, -0.25) is 4.90 Å². The first-order chi connectivity index (χ1) is 10.7. The Hall–Kier alpha value is -0.700. The maximum absolute atomic E-state index is 12.8. The molecule has 1 aromatic carbocycles. The van der Waals surface area contributed by atoms with E-state index >= 15 is 0 Å². The second kappa shape index (κ2) is 9.85. The molecule has 0 saturated carbocycles. The minimum atomic E-state index is -4.51. The number of nitrogens with zero attached hydrogens (tertiary/aromatic N) is 1. The van der Waals surface area contributed by atoms with Crippen LogP contribution in [-0.4, -0.2) is 37.3 Å². The lowest BCUT2D eigenvalue weighted by molar-refractivity contribution is -0.140. The van der Waals surface area contributed by atoms with E-state index in [9.17, 15) is 26.3 Å². The molecule has 2 nitrogen and oxygen atoms in total. The Bertz CT molecular complexity index is 515. The van der Waals surface area contributed by atoms with Crippen LogP contribution in [0.3, 0.4) is 0 Å². The highest BCUT2D eigenvalue weighted by Gasteiger charge is 2.34. The zero-order valence-electron chi connectivity index (χ0n) is 13.2. The third-order valence-corrected chi connectivity index (χ3v) is 3.89. The van der Waals surface area contributed by atoms with E-state index in [4.69, 9.17) is 0 Å². The molecule has 0 aromatic heterocycles. The summed E-state index contributed by atoms with van der Waals surface area (Å²) in [7, 11) is 0. The third kappa shape index (κ3) is 7.60. The average Bonchev–Trinajstić information content (AvgIpc) is 2.47. The molecule has 1 atom stereocenters. The van der Waals surface area contributed by atoms with Crippen LogP contribution in [0.1, 0.15) is 30.0 Å². The van der Waals surface area contributed by atoms with Gasteiger partial charge in [0.15, 0.2) is 0 Å². The molecule has 10 heteroatoms. The zero-order valence-corrected chi connectivity index (χ0v) is 14.8. The largest absolute Gasteiger partial charge is 0.416 e. The van der Waals surface area contributed by atoms with E-state index in [1.807, 2.05) is 4.90 Å². The molecule has 0 spiro atoms. The minimum absolute atomic E-state index is 0. The molecule has 1 heterocycles. The fourth-order valence-electron chi connectivity index (χ4n) is 2.78. The molecule has 2 rings (SSSR count). The van der Waals surface area contributed by atoms with Crippen LogP contribution in [0.5, 0.6) is 0 Å². The number of hydrogen-bond donors (Lipinski definition) is 1. The second-order valence-corrected chi connectivity index (χ2v) is 5.58. The van der Waals surface area contributed by atoms with Gasteiger partial charge in [0, 0.05) is 38.6 Å². The van der Waals surface area contributed by atoms with Crippen molar-refractivity contribution < 1.29 is 26.3 Å². The molecule has 0 amide bonds. The van der Waals surface area contributed by atoms with Crippen LogP contribution in [0.15, 0.2) is 24.3 Å². The van der Waals surface area contributed by atoms with Crippen molar-refractivity contribution in [2.24, 2.45) is 0 Å². The molecule has 0 radical (unpaired) electrons. The van der Waals surface area contributed by atoms with Gasteiger partial charge >= 0.3 is 12.4 Å². The molecule has 1 aliphatic heterocycles. The number of alkyl halides is 6. The number of nitrogens with one attached hydrogen (secondary N) is 1. The van der Waals surface area contributed by atoms with Gasteiger partial charge in [-0.2, -0.15) is 26.3 Å². The maximum atomic E-state index is 12.8. The monoisotopic (exact) mass is 412 g/mol. The first kappa shape index (κ1) is 24.3. The van der Waals surface area contributed by atoms with Crippen LogP contribution in [-0.2, 0) is 6.18 Å². The average molecular weight is 413 g/mol. The van der Waals surface area contributed by atoms with Crippen molar-refractivity contribution in [1.82, 2.24) is 10.2 Å². The molecular weight excluding hydrogens is 393 g/mol. The predicted octanol–water partition coefficient (Wildman–Crippen LogP) is 4.84. The van der Waals surface area contributed by atoms with Gasteiger partial charge in [-0.25, -0.2) is 0 Å². The highest BCUT2D eigenvalue weighted by molar-refractivity contribution is 5.85. The first-order valence-electron chi connectivity index (χ1n) is 7.35. The Balaban J connectivity index is 0.00000288. The van der Waals surface area contributed by atoms with E-state index in [-0.39, 0.29) is 36.8 Å². The number of rotatable bonds is 4. The lowest BCUT2D eigenvalue weighted by Gasteiger charge is -2.35. The normalized spacial score (nSPS) is 17.4. The van der Waals surface area contributed by atoms with E-state index in [1.54, 1.807) is 0 Å². The van der Waals surface area contributed by atoms with Gasteiger partial charge in [0.25, 0.3) is 0 Å². The molecule has 0 aliphatic carbocycles. The summed E-state index contributed by atoms with van der Waals surface area (Å²) < 4.78 is 76.2. The fraction of sp³-hybridized carbons (Fsp3) is 0.600. The van der Waals surface area contributed by atoms with E-state index < -0.39 is 30.4 Å². The van der Waals surface area contributed by atoms with Crippen LogP contribution in [0.2, 0.25) is 0 Å². The Kier molecular flexibility index (Phi) is 9.57. The zero-order chi connectivity index (χ0) is 17.1. The van der Waals surface area contributed by atoms with Crippen molar-refractivity contribution in [3.05, 3.63) is 35.4 Å². The molecule has 1 N–H and O–H groups in total. The molecule has 1 saturated heterocycles. The Labute approximate surface area is 154 Å². The van der Waals surface area contributed by atoms with Crippen LogP contribution < -0.4 is 5.32 Å². The lowest BCUT2D eigenvalue weighted by atomic mass is 9.97.